The Balaban J connectivity index is 1.81. The van der Waals surface area contributed by atoms with Gasteiger partial charge in [-0.3, -0.25) is 4.79 Å². The normalized spacial score (nSPS) is 12.8. The Hall–Kier alpha value is -3.88. The van der Waals surface area contributed by atoms with Crippen LogP contribution in [0.3, 0.4) is 0 Å². The number of nitrogens with one attached hydrogen (secondary N) is 2. The van der Waals surface area contributed by atoms with Gasteiger partial charge in [0.1, 0.15) is 0 Å². The van der Waals surface area contributed by atoms with Crippen LogP contribution in [0, 0.1) is 0 Å². The molecule has 38 heavy (non-hydrogen) atoms. The van der Waals surface area contributed by atoms with Gasteiger partial charge in [-0.1, -0.05) is 63.2 Å². The maximum absolute atomic E-state index is 12.5. The van der Waals surface area contributed by atoms with Crippen molar-refractivity contribution in [2.45, 2.75) is 39.2 Å². The number of aliphatic hydroxyl groups is 1. The largest absolute Gasteiger partial charge is 0.394 e. The van der Waals surface area contributed by atoms with E-state index in [2.05, 4.69) is 31.1 Å². The lowest BCUT2D eigenvalue weighted by molar-refractivity contribution is -0.117. The highest BCUT2D eigenvalue weighted by Crippen LogP contribution is 2.37. The second-order valence-electron chi connectivity index (χ2n) is 10.3. The van der Waals surface area contributed by atoms with Crippen molar-refractivity contribution in [1.29, 1.82) is 0 Å². The summed E-state index contributed by atoms with van der Waals surface area (Å²) in [5.74, 6) is -0.321. The van der Waals surface area contributed by atoms with Crippen LogP contribution in [-0.4, -0.2) is 37.1 Å². The summed E-state index contributed by atoms with van der Waals surface area (Å²) in [6.45, 7) is 7.90. The monoisotopic (exact) mass is 531 g/mol. The number of aromatic amines is 1. The van der Waals surface area contributed by atoms with Crippen LogP contribution < -0.4 is 9.62 Å². The van der Waals surface area contributed by atoms with E-state index in [4.69, 9.17) is 0 Å². The number of amides is 1. The number of carbonyl (C=O) groups excluding carboxylic acids is 1. The number of hydrogen-bond donors (Lipinski definition) is 4. The fourth-order valence-electron chi connectivity index (χ4n) is 4.31. The molecule has 4 aromatic rings. The molecule has 4 rings (SSSR count). The first-order valence-corrected chi connectivity index (χ1v) is 13.6. The predicted octanol–water partition coefficient (Wildman–Crippen LogP) is 5.31. The molecule has 1 atom stereocenters. The number of nitrogens with zero attached hydrogens (tertiary/aromatic N) is 1. The molecule has 0 spiro atoms. The van der Waals surface area contributed by atoms with Crippen molar-refractivity contribution < 1.29 is 18.3 Å². The minimum atomic E-state index is -2.96. The zero-order valence-electron chi connectivity index (χ0n) is 21.9. The predicted molar refractivity (Wildman–Crippen MR) is 155 cm³/mol. The van der Waals surface area contributed by atoms with E-state index >= 15 is 0 Å². The molecular weight excluding hydrogens is 498 g/mol. The SMILES string of the molecule is CC(CO)NC(=O)/C=C/c1[nH]c2ccc(N(c3ccc(C(C)(C)C)cc3)[SH](=O)=O)cc2c1-c1ccccc1. The molecule has 1 aromatic heterocycles. The second kappa shape index (κ2) is 11.2. The van der Waals surface area contributed by atoms with Crippen LogP contribution in [0.1, 0.15) is 39.0 Å². The van der Waals surface area contributed by atoms with Gasteiger partial charge in [-0.05, 0) is 59.9 Å². The van der Waals surface area contributed by atoms with Gasteiger partial charge >= 0.3 is 0 Å². The van der Waals surface area contributed by atoms with Crippen LogP contribution >= 0.6 is 0 Å². The molecule has 1 heterocycles. The molecule has 0 aliphatic rings. The van der Waals surface area contributed by atoms with E-state index in [1.807, 2.05) is 66.7 Å². The van der Waals surface area contributed by atoms with Crippen LogP contribution in [0.15, 0.2) is 78.9 Å². The van der Waals surface area contributed by atoms with Gasteiger partial charge in [-0.2, -0.15) is 0 Å². The molecule has 7 nitrogen and oxygen atoms in total. The number of thiol groups is 1. The number of carbonyl (C=O) groups is 1. The zero-order valence-corrected chi connectivity index (χ0v) is 22.8. The van der Waals surface area contributed by atoms with Gasteiger partial charge in [0.2, 0.25) is 16.8 Å². The standard InChI is InChI=1S/C30H33N3O4S/c1-20(19-34)31-28(35)17-16-27-29(21-8-6-5-7-9-21)25-18-24(14-15-26(25)32-27)33(38(36)37)23-12-10-22(11-13-23)30(2,3)4/h5-18,20,32,34,38H,19H2,1-4H3,(H,31,35)/b17-16+. The van der Waals surface area contributed by atoms with Crippen molar-refractivity contribution in [3.63, 3.8) is 0 Å². The maximum Gasteiger partial charge on any atom is 0.244 e. The quantitative estimate of drug-likeness (QED) is 0.183. The molecule has 0 fully saturated rings. The third-order valence-electron chi connectivity index (χ3n) is 6.32. The summed E-state index contributed by atoms with van der Waals surface area (Å²) in [6, 6.07) is 22.4. The summed E-state index contributed by atoms with van der Waals surface area (Å²) in [4.78, 5) is 15.7. The fourth-order valence-corrected chi connectivity index (χ4v) is 4.94. The van der Waals surface area contributed by atoms with E-state index in [1.165, 1.54) is 10.4 Å². The summed E-state index contributed by atoms with van der Waals surface area (Å²) >= 11 is 0. The average molecular weight is 532 g/mol. The smallest absolute Gasteiger partial charge is 0.244 e. The number of anilines is 2. The zero-order chi connectivity index (χ0) is 27.4. The maximum atomic E-state index is 12.5. The Bertz CT molecular complexity index is 1520. The number of aliphatic hydroxyl groups excluding tert-OH is 1. The number of fused-ring (bicyclic) bond motifs is 1. The van der Waals surface area contributed by atoms with Gasteiger partial charge in [0.05, 0.1) is 18.0 Å². The summed E-state index contributed by atoms with van der Waals surface area (Å²) in [6.07, 6.45) is 3.11. The molecule has 0 radical (unpaired) electrons. The third kappa shape index (κ3) is 5.98. The van der Waals surface area contributed by atoms with Crippen LogP contribution in [0.5, 0.6) is 0 Å². The van der Waals surface area contributed by atoms with Gasteiger partial charge in [-0.25, -0.2) is 12.7 Å². The van der Waals surface area contributed by atoms with E-state index < -0.39 is 10.9 Å². The Morgan fingerprint density at radius 2 is 1.68 bits per heavy atom. The molecule has 3 aromatic carbocycles. The first kappa shape index (κ1) is 27.2. The highest BCUT2D eigenvalue weighted by Gasteiger charge is 2.19. The summed E-state index contributed by atoms with van der Waals surface area (Å²) in [5, 5.41) is 12.7. The van der Waals surface area contributed by atoms with Crippen LogP contribution in [0.2, 0.25) is 0 Å². The number of H-pyrrole nitrogens is 1. The Labute approximate surface area is 224 Å². The van der Waals surface area contributed by atoms with E-state index in [1.54, 1.807) is 19.1 Å². The highest BCUT2D eigenvalue weighted by molar-refractivity contribution is 7.74. The highest BCUT2D eigenvalue weighted by atomic mass is 32.2. The number of aromatic nitrogens is 1. The van der Waals surface area contributed by atoms with Gasteiger partial charge in [0.25, 0.3) is 0 Å². The van der Waals surface area contributed by atoms with Crippen LogP contribution in [0.4, 0.5) is 11.4 Å². The van der Waals surface area contributed by atoms with Crippen LogP contribution in [0.25, 0.3) is 28.1 Å². The number of benzene rings is 3. The number of rotatable bonds is 8. The minimum Gasteiger partial charge on any atom is -0.394 e. The van der Waals surface area contributed by atoms with Crippen molar-refractivity contribution in [2.75, 3.05) is 10.9 Å². The summed E-state index contributed by atoms with van der Waals surface area (Å²) < 4.78 is 26.2. The first-order valence-electron chi connectivity index (χ1n) is 12.4. The van der Waals surface area contributed by atoms with Crippen molar-refractivity contribution in [1.82, 2.24) is 10.3 Å². The third-order valence-corrected chi connectivity index (χ3v) is 7.11. The molecule has 0 saturated heterocycles. The van der Waals surface area contributed by atoms with Crippen molar-refractivity contribution >= 4 is 45.2 Å². The Morgan fingerprint density at radius 3 is 2.29 bits per heavy atom. The van der Waals surface area contributed by atoms with E-state index in [9.17, 15) is 18.3 Å². The summed E-state index contributed by atoms with van der Waals surface area (Å²) in [7, 11) is -2.96. The molecule has 0 saturated carbocycles. The fraction of sp³-hybridized carbons (Fsp3) is 0.233. The molecular formula is C30H33N3O4S. The van der Waals surface area contributed by atoms with Gasteiger partial charge in [-0.15, -0.1) is 0 Å². The second-order valence-corrected chi connectivity index (χ2v) is 11.2. The average Bonchev–Trinajstić information content (AvgIpc) is 3.25. The molecule has 8 heteroatoms. The lowest BCUT2D eigenvalue weighted by atomic mass is 9.87. The van der Waals surface area contributed by atoms with E-state index in [0.29, 0.717) is 17.1 Å². The molecule has 3 N–H and O–H groups in total. The van der Waals surface area contributed by atoms with E-state index in [0.717, 1.165) is 27.6 Å². The van der Waals surface area contributed by atoms with Gasteiger partial charge in [0.15, 0.2) is 0 Å². The van der Waals surface area contributed by atoms with Gasteiger partial charge < -0.3 is 15.4 Å². The van der Waals surface area contributed by atoms with Crippen molar-refractivity contribution in [3.05, 3.63) is 90.1 Å². The van der Waals surface area contributed by atoms with E-state index in [-0.39, 0.29) is 24.0 Å². The van der Waals surface area contributed by atoms with Gasteiger partial charge in [0, 0.05) is 34.3 Å². The Morgan fingerprint density at radius 1 is 1.03 bits per heavy atom. The minimum absolute atomic E-state index is 0.0470. The Kier molecular flexibility index (Phi) is 8.04. The molecule has 0 aliphatic heterocycles. The number of hydrogen-bond acceptors (Lipinski definition) is 4. The topological polar surface area (TPSA) is 102 Å². The van der Waals surface area contributed by atoms with Crippen molar-refractivity contribution in [2.24, 2.45) is 0 Å². The molecule has 1 unspecified atom stereocenters. The van der Waals surface area contributed by atoms with Crippen molar-refractivity contribution in [3.8, 4) is 11.1 Å². The lowest BCUT2D eigenvalue weighted by Gasteiger charge is -2.22. The lowest BCUT2D eigenvalue weighted by Crippen LogP contribution is -2.33. The van der Waals surface area contributed by atoms with Crippen LogP contribution in [-0.2, 0) is 21.1 Å². The first-order chi connectivity index (χ1) is 18.1. The molecule has 0 bridgehead atoms. The molecule has 198 valence electrons. The molecule has 0 aliphatic carbocycles. The summed E-state index contributed by atoms with van der Waals surface area (Å²) in [5.41, 5.74) is 5.43. The molecule has 1 amide bonds.